The number of aryl methyl sites for hydroxylation is 1. The molecule has 6 nitrogen and oxygen atoms in total. The number of benzene rings is 4. The zero-order chi connectivity index (χ0) is 23.5. The van der Waals surface area contributed by atoms with Gasteiger partial charge in [-0.05, 0) is 53.6 Å². The van der Waals surface area contributed by atoms with Crippen molar-refractivity contribution >= 4 is 22.9 Å². The van der Waals surface area contributed by atoms with Gasteiger partial charge in [0, 0.05) is 11.1 Å². The number of phenolic OH excluding ortho intramolecular Hbond substituents is 1. The molecular weight excluding hydrogens is 424 g/mol. The number of aromatic hydroxyl groups is 1. The molecule has 1 aromatic heterocycles. The monoisotopic (exact) mass is 446 g/mol. The highest BCUT2D eigenvalue weighted by Gasteiger charge is 2.18. The Morgan fingerprint density at radius 3 is 2.47 bits per heavy atom. The fraction of sp³-hybridized carbons (Fsp3) is 0.0357. The average molecular weight is 447 g/mol. The molecule has 4 aromatic carbocycles. The largest absolute Gasteiger partial charge is 0.507 e. The number of hydrazone groups is 1. The fourth-order valence-corrected chi connectivity index (χ4v) is 3.85. The molecule has 166 valence electrons. The van der Waals surface area contributed by atoms with E-state index in [0.717, 1.165) is 33.3 Å². The summed E-state index contributed by atoms with van der Waals surface area (Å²) in [5.41, 5.74) is 6.93. The molecule has 2 N–H and O–H groups in total. The maximum Gasteiger partial charge on any atom is 0.291 e. The van der Waals surface area contributed by atoms with Gasteiger partial charge in [-0.1, -0.05) is 66.7 Å². The highest BCUT2D eigenvalue weighted by Crippen LogP contribution is 2.28. The van der Waals surface area contributed by atoms with E-state index < -0.39 is 5.91 Å². The SMILES string of the molecule is Cc1ccccc1-n1nc(C(=O)N/N=C\c2ccccc2O)cc1-c1ccc2ccccc2c1. The molecule has 0 saturated heterocycles. The van der Waals surface area contributed by atoms with Gasteiger partial charge in [0.2, 0.25) is 0 Å². The Morgan fingerprint density at radius 2 is 1.65 bits per heavy atom. The molecule has 0 radical (unpaired) electrons. The van der Waals surface area contributed by atoms with Crippen LogP contribution in [-0.4, -0.2) is 27.0 Å². The van der Waals surface area contributed by atoms with Crippen molar-refractivity contribution in [2.75, 3.05) is 0 Å². The second kappa shape index (κ2) is 9.03. The van der Waals surface area contributed by atoms with Crippen LogP contribution in [0.1, 0.15) is 21.6 Å². The van der Waals surface area contributed by atoms with Crippen molar-refractivity contribution in [3.63, 3.8) is 0 Å². The molecule has 0 fully saturated rings. The second-order valence-corrected chi connectivity index (χ2v) is 7.93. The van der Waals surface area contributed by atoms with Crippen LogP contribution in [0, 0.1) is 6.92 Å². The van der Waals surface area contributed by atoms with Gasteiger partial charge in [0.15, 0.2) is 5.69 Å². The molecule has 0 aliphatic carbocycles. The lowest BCUT2D eigenvalue weighted by atomic mass is 10.0. The maximum atomic E-state index is 12.9. The Morgan fingerprint density at radius 1 is 0.912 bits per heavy atom. The molecule has 0 aliphatic heterocycles. The van der Waals surface area contributed by atoms with Gasteiger partial charge in [0.05, 0.1) is 17.6 Å². The number of amides is 1. The summed E-state index contributed by atoms with van der Waals surface area (Å²) in [5, 5.41) is 20.7. The maximum absolute atomic E-state index is 12.9. The van der Waals surface area contributed by atoms with E-state index in [2.05, 4.69) is 39.9 Å². The van der Waals surface area contributed by atoms with E-state index in [1.807, 2.05) is 49.4 Å². The molecular formula is C28H22N4O2. The first-order chi connectivity index (χ1) is 16.6. The highest BCUT2D eigenvalue weighted by molar-refractivity contribution is 5.95. The summed E-state index contributed by atoms with van der Waals surface area (Å²) >= 11 is 0. The first kappa shape index (κ1) is 21.2. The first-order valence-corrected chi connectivity index (χ1v) is 10.9. The van der Waals surface area contributed by atoms with Crippen LogP contribution in [0.15, 0.2) is 102 Å². The van der Waals surface area contributed by atoms with Crippen LogP contribution in [0.25, 0.3) is 27.7 Å². The van der Waals surface area contributed by atoms with Crippen LogP contribution < -0.4 is 5.43 Å². The van der Waals surface area contributed by atoms with Crippen molar-refractivity contribution in [1.29, 1.82) is 0 Å². The minimum absolute atomic E-state index is 0.0860. The van der Waals surface area contributed by atoms with Gasteiger partial charge in [-0.25, -0.2) is 10.1 Å². The van der Waals surface area contributed by atoms with E-state index in [4.69, 9.17) is 0 Å². The third-order valence-electron chi connectivity index (χ3n) is 5.64. The summed E-state index contributed by atoms with van der Waals surface area (Å²) in [4.78, 5) is 12.9. The van der Waals surface area contributed by atoms with E-state index in [0.29, 0.717) is 5.56 Å². The predicted octanol–water partition coefficient (Wildman–Crippen LogP) is 5.47. The van der Waals surface area contributed by atoms with Gasteiger partial charge >= 0.3 is 0 Å². The molecule has 1 amide bonds. The first-order valence-electron chi connectivity index (χ1n) is 10.9. The van der Waals surface area contributed by atoms with Crippen molar-refractivity contribution in [3.8, 4) is 22.7 Å². The van der Waals surface area contributed by atoms with Gasteiger partial charge in [-0.15, -0.1) is 0 Å². The number of rotatable bonds is 5. The van der Waals surface area contributed by atoms with Crippen molar-refractivity contribution in [2.24, 2.45) is 5.10 Å². The predicted molar refractivity (Wildman–Crippen MR) is 134 cm³/mol. The van der Waals surface area contributed by atoms with Crippen molar-refractivity contribution < 1.29 is 9.90 Å². The number of nitrogens with zero attached hydrogens (tertiary/aromatic N) is 3. The summed E-state index contributed by atoms with van der Waals surface area (Å²) in [6.45, 7) is 2.01. The van der Waals surface area contributed by atoms with Crippen LogP contribution >= 0.6 is 0 Å². The number of para-hydroxylation sites is 2. The Labute approximate surface area is 196 Å². The summed E-state index contributed by atoms with van der Waals surface area (Å²) in [5.74, 6) is -0.357. The molecule has 0 spiro atoms. The average Bonchev–Trinajstić information content (AvgIpc) is 3.30. The van der Waals surface area contributed by atoms with E-state index >= 15 is 0 Å². The number of carbonyl (C=O) groups is 1. The molecule has 6 heteroatoms. The smallest absolute Gasteiger partial charge is 0.291 e. The number of aromatic nitrogens is 2. The van der Waals surface area contributed by atoms with Gasteiger partial charge in [-0.2, -0.15) is 10.2 Å². The summed E-state index contributed by atoms with van der Waals surface area (Å²) in [6, 6.07) is 30.8. The molecule has 0 aliphatic rings. The summed E-state index contributed by atoms with van der Waals surface area (Å²) in [7, 11) is 0. The molecule has 0 unspecified atom stereocenters. The Bertz CT molecular complexity index is 1530. The second-order valence-electron chi connectivity index (χ2n) is 7.93. The standard InChI is InChI=1S/C28H22N4O2/c1-19-8-2-6-12-25(19)32-26(22-15-14-20-9-3-4-10-21(20)16-22)17-24(31-32)28(34)30-29-18-23-11-5-7-13-27(23)33/h2-18,33H,1H3,(H,30,34)/b29-18-. The lowest BCUT2D eigenvalue weighted by Gasteiger charge is -2.11. The van der Waals surface area contributed by atoms with Crippen LogP contribution in [0.4, 0.5) is 0 Å². The Hall–Kier alpha value is -4.71. The number of hydrogen-bond acceptors (Lipinski definition) is 4. The van der Waals surface area contributed by atoms with E-state index in [-0.39, 0.29) is 11.4 Å². The fourth-order valence-electron chi connectivity index (χ4n) is 3.85. The summed E-state index contributed by atoms with van der Waals surface area (Å²) < 4.78 is 1.79. The van der Waals surface area contributed by atoms with Gasteiger partial charge in [0.1, 0.15) is 5.75 Å². The van der Waals surface area contributed by atoms with Gasteiger partial charge in [-0.3, -0.25) is 4.79 Å². The minimum atomic E-state index is -0.443. The molecule has 0 saturated carbocycles. The Balaban J connectivity index is 1.53. The van der Waals surface area contributed by atoms with Crippen LogP contribution in [0.5, 0.6) is 5.75 Å². The number of fused-ring (bicyclic) bond motifs is 1. The Kier molecular flexibility index (Phi) is 5.62. The van der Waals surface area contributed by atoms with Gasteiger partial charge in [0.25, 0.3) is 5.91 Å². The van der Waals surface area contributed by atoms with E-state index in [1.54, 1.807) is 35.0 Å². The number of phenols is 1. The van der Waals surface area contributed by atoms with Crippen molar-refractivity contribution in [1.82, 2.24) is 15.2 Å². The molecule has 0 bridgehead atoms. The zero-order valence-corrected chi connectivity index (χ0v) is 18.5. The molecule has 5 aromatic rings. The minimum Gasteiger partial charge on any atom is -0.507 e. The van der Waals surface area contributed by atoms with Crippen LogP contribution in [0.3, 0.4) is 0 Å². The lowest BCUT2D eigenvalue weighted by Crippen LogP contribution is -2.18. The molecule has 5 rings (SSSR count). The number of hydrogen-bond donors (Lipinski definition) is 2. The van der Waals surface area contributed by atoms with Crippen molar-refractivity contribution in [3.05, 3.63) is 114 Å². The summed E-state index contributed by atoms with van der Waals surface area (Å²) in [6.07, 6.45) is 1.40. The van der Waals surface area contributed by atoms with Crippen LogP contribution in [-0.2, 0) is 0 Å². The van der Waals surface area contributed by atoms with E-state index in [1.165, 1.54) is 6.21 Å². The third kappa shape index (κ3) is 4.17. The lowest BCUT2D eigenvalue weighted by molar-refractivity contribution is 0.0949. The number of nitrogens with one attached hydrogen (secondary N) is 1. The quantitative estimate of drug-likeness (QED) is 0.278. The topological polar surface area (TPSA) is 79.5 Å². The molecule has 0 atom stereocenters. The third-order valence-corrected chi connectivity index (χ3v) is 5.64. The normalized spacial score (nSPS) is 11.2. The van der Waals surface area contributed by atoms with Crippen LogP contribution in [0.2, 0.25) is 0 Å². The van der Waals surface area contributed by atoms with Crippen molar-refractivity contribution in [2.45, 2.75) is 6.92 Å². The zero-order valence-electron chi connectivity index (χ0n) is 18.5. The molecule has 1 heterocycles. The number of carbonyl (C=O) groups excluding carboxylic acids is 1. The molecule has 34 heavy (non-hydrogen) atoms. The van der Waals surface area contributed by atoms with Gasteiger partial charge < -0.3 is 5.11 Å². The van der Waals surface area contributed by atoms with E-state index in [9.17, 15) is 9.90 Å². The highest BCUT2D eigenvalue weighted by atomic mass is 16.3.